The van der Waals surface area contributed by atoms with E-state index in [2.05, 4.69) is 5.32 Å². The summed E-state index contributed by atoms with van der Waals surface area (Å²) in [4.78, 5) is 12.4. The number of rotatable bonds is 5. The van der Waals surface area contributed by atoms with Crippen molar-refractivity contribution < 1.29 is 31.7 Å². The average Bonchev–Trinajstić information content (AvgIpc) is 2.61. The molecule has 0 fully saturated rings. The molecule has 11 heteroatoms. The summed E-state index contributed by atoms with van der Waals surface area (Å²) >= 11 is 0. The molecule has 2 aromatic rings. The first kappa shape index (κ1) is 24.6. The Labute approximate surface area is 173 Å². The molecule has 29 heavy (non-hydrogen) atoms. The number of aliphatic hydroxyl groups is 1. The van der Waals surface area contributed by atoms with Gasteiger partial charge in [-0.3, -0.25) is 9.00 Å². The van der Waals surface area contributed by atoms with Crippen LogP contribution in [0.1, 0.15) is 18.1 Å². The Bertz CT molecular complexity index is 955. The first-order valence-electron chi connectivity index (χ1n) is 7.73. The summed E-state index contributed by atoms with van der Waals surface area (Å²) in [7, 11) is -1.86. The van der Waals surface area contributed by atoms with Crippen LogP contribution in [0.2, 0.25) is 0 Å². The van der Waals surface area contributed by atoms with E-state index in [9.17, 15) is 31.7 Å². The van der Waals surface area contributed by atoms with Gasteiger partial charge in [0.2, 0.25) is 0 Å². The molecule has 2 N–H and O–H groups in total. The normalized spacial score (nSPS) is 14.1. The lowest BCUT2D eigenvalue weighted by Gasteiger charge is -2.22. The summed E-state index contributed by atoms with van der Waals surface area (Å²) in [5.74, 6) is -2.19. The van der Waals surface area contributed by atoms with Crippen molar-refractivity contribution in [2.45, 2.75) is 23.6 Å². The number of nitrogens with one attached hydrogen (secondary N) is 1. The molecule has 1 amide bonds. The van der Waals surface area contributed by atoms with Gasteiger partial charge in [-0.25, -0.2) is 4.39 Å². The lowest BCUT2D eigenvalue weighted by molar-refractivity contribution is -0.137. The SMILES string of the molecule is C[C@@](O)(CS(=O)c1ccc(F)cc1)C(=O)Nc1ccc(C#N)c(C(F)(F)F)c1.S. The third kappa shape index (κ3) is 6.28. The number of carbonyl (C=O) groups is 1. The van der Waals surface area contributed by atoms with Crippen LogP contribution in [0.4, 0.5) is 23.2 Å². The number of benzene rings is 2. The number of nitriles is 1. The summed E-state index contributed by atoms with van der Waals surface area (Å²) in [6.45, 7) is 1.05. The largest absolute Gasteiger partial charge is 0.417 e. The molecule has 0 heterocycles. The van der Waals surface area contributed by atoms with Crippen molar-refractivity contribution in [1.29, 1.82) is 5.26 Å². The fraction of sp³-hybridized carbons (Fsp3) is 0.222. The molecule has 0 radical (unpaired) electrons. The lowest BCUT2D eigenvalue weighted by atomic mass is 10.1. The van der Waals surface area contributed by atoms with Crippen LogP contribution in [-0.2, 0) is 21.8 Å². The Hall–Kier alpha value is -2.42. The Morgan fingerprint density at radius 2 is 1.79 bits per heavy atom. The molecule has 0 bridgehead atoms. The van der Waals surface area contributed by atoms with E-state index in [0.29, 0.717) is 6.07 Å². The molecule has 2 aromatic carbocycles. The fourth-order valence-corrected chi connectivity index (χ4v) is 3.46. The molecule has 0 aliphatic heterocycles. The first-order valence-corrected chi connectivity index (χ1v) is 9.05. The molecule has 1 unspecified atom stereocenters. The van der Waals surface area contributed by atoms with E-state index in [1.165, 1.54) is 18.2 Å². The highest BCUT2D eigenvalue weighted by molar-refractivity contribution is 7.85. The quantitative estimate of drug-likeness (QED) is 0.687. The Morgan fingerprint density at radius 3 is 2.31 bits per heavy atom. The zero-order chi connectivity index (χ0) is 21.1. The minimum atomic E-state index is -4.81. The summed E-state index contributed by atoms with van der Waals surface area (Å²) in [6.07, 6.45) is -4.81. The number of nitrogens with zero attached hydrogens (tertiary/aromatic N) is 1. The molecule has 0 aliphatic carbocycles. The van der Waals surface area contributed by atoms with Crippen molar-refractivity contribution in [3.63, 3.8) is 0 Å². The smallest absolute Gasteiger partial charge is 0.379 e. The van der Waals surface area contributed by atoms with Crippen LogP contribution in [0.25, 0.3) is 0 Å². The summed E-state index contributed by atoms with van der Waals surface area (Å²) in [6, 6.07) is 8.56. The lowest BCUT2D eigenvalue weighted by Crippen LogP contribution is -2.44. The van der Waals surface area contributed by atoms with Crippen LogP contribution in [0, 0.1) is 17.1 Å². The van der Waals surface area contributed by atoms with Crippen LogP contribution in [0.5, 0.6) is 0 Å². The maximum Gasteiger partial charge on any atom is 0.417 e. The third-order valence-electron chi connectivity index (χ3n) is 3.68. The molecule has 2 atom stereocenters. The Balaban J connectivity index is 0.00000420. The van der Waals surface area contributed by atoms with Gasteiger partial charge in [0.25, 0.3) is 5.91 Å². The highest BCUT2D eigenvalue weighted by Crippen LogP contribution is 2.33. The standard InChI is InChI=1S/C18H14F4N2O3S.H2S/c1-17(26,10-28(27)14-6-3-12(19)4-7-14)16(25)24-13-5-2-11(9-23)15(8-13)18(20,21)22;/h2-8,26H,10H2,1H3,(H,24,25);1H2/t17-,28?;/m1./s1. The predicted molar refractivity (Wildman–Crippen MR) is 103 cm³/mol. The molecular formula is C18H16F4N2O3S2. The number of amides is 1. The maximum atomic E-state index is 13.0. The summed E-state index contributed by atoms with van der Waals surface area (Å²) < 4.78 is 64.2. The topological polar surface area (TPSA) is 90.2 Å². The number of carbonyl (C=O) groups excluding carboxylic acids is 1. The van der Waals surface area contributed by atoms with E-state index in [4.69, 9.17) is 5.26 Å². The predicted octanol–water partition coefficient (Wildman–Crippen LogP) is 3.33. The van der Waals surface area contributed by atoms with Crippen LogP contribution >= 0.6 is 13.5 Å². The van der Waals surface area contributed by atoms with Crippen molar-refractivity contribution in [2.24, 2.45) is 0 Å². The molecule has 0 aromatic heterocycles. The van der Waals surface area contributed by atoms with Crippen molar-refractivity contribution in [1.82, 2.24) is 0 Å². The van der Waals surface area contributed by atoms with Gasteiger partial charge in [-0.2, -0.15) is 31.9 Å². The number of hydrogen-bond donors (Lipinski definition) is 2. The number of anilines is 1. The van der Waals surface area contributed by atoms with Crippen LogP contribution in [-0.4, -0.2) is 26.6 Å². The molecular weight excluding hydrogens is 432 g/mol. The van der Waals surface area contributed by atoms with Gasteiger partial charge in [-0.1, -0.05) is 0 Å². The van der Waals surface area contributed by atoms with E-state index >= 15 is 0 Å². The molecule has 156 valence electrons. The molecule has 0 saturated heterocycles. The van der Waals surface area contributed by atoms with Crippen molar-refractivity contribution in [3.05, 3.63) is 59.4 Å². The van der Waals surface area contributed by atoms with Gasteiger partial charge in [-0.05, 0) is 49.4 Å². The van der Waals surface area contributed by atoms with Crippen molar-refractivity contribution in [2.75, 3.05) is 11.1 Å². The van der Waals surface area contributed by atoms with Gasteiger partial charge >= 0.3 is 6.18 Å². The first-order chi connectivity index (χ1) is 12.9. The second kappa shape index (κ2) is 9.39. The third-order valence-corrected chi connectivity index (χ3v) is 5.30. The van der Waals surface area contributed by atoms with Gasteiger partial charge in [-0.15, -0.1) is 0 Å². The number of halogens is 4. The van der Waals surface area contributed by atoms with Crippen molar-refractivity contribution in [3.8, 4) is 6.07 Å². The highest BCUT2D eigenvalue weighted by Gasteiger charge is 2.36. The molecule has 0 spiro atoms. The van der Waals surface area contributed by atoms with Crippen LogP contribution < -0.4 is 5.32 Å². The van der Waals surface area contributed by atoms with Gasteiger partial charge in [0.05, 0.1) is 33.7 Å². The molecule has 2 rings (SSSR count). The van der Waals surface area contributed by atoms with Gasteiger partial charge in [0, 0.05) is 10.6 Å². The highest BCUT2D eigenvalue weighted by atomic mass is 32.2. The van der Waals surface area contributed by atoms with E-state index in [-0.39, 0.29) is 24.1 Å². The molecule has 5 nitrogen and oxygen atoms in total. The van der Waals surface area contributed by atoms with Crippen molar-refractivity contribution >= 4 is 35.9 Å². The van der Waals surface area contributed by atoms with Gasteiger partial charge < -0.3 is 10.4 Å². The number of alkyl halides is 3. The zero-order valence-corrected chi connectivity index (χ0v) is 16.7. The monoisotopic (exact) mass is 448 g/mol. The second-order valence-electron chi connectivity index (χ2n) is 6.04. The van der Waals surface area contributed by atoms with Crippen LogP contribution in [0.15, 0.2) is 47.4 Å². The van der Waals surface area contributed by atoms with E-state index in [0.717, 1.165) is 31.2 Å². The van der Waals surface area contributed by atoms with E-state index in [1.807, 2.05) is 0 Å². The van der Waals surface area contributed by atoms with E-state index < -0.39 is 51.2 Å². The number of hydrogen-bond acceptors (Lipinski definition) is 4. The molecule has 0 saturated carbocycles. The second-order valence-corrected chi connectivity index (χ2v) is 7.49. The van der Waals surface area contributed by atoms with Gasteiger partial charge in [0.15, 0.2) is 5.60 Å². The summed E-state index contributed by atoms with van der Waals surface area (Å²) in [5.41, 5.74) is -4.33. The minimum Gasteiger partial charge on any atom is -0.379 e. The Morgan fingerprint density at radius 1 is 1.21 bits per heavy atom. The zero-order valence-electron chi connectivity index (χ0n) is 14.9. The maximum absolute atomic E-state index is 13.0. The van der Waals surface area contributed by atoms with E-state index in [1.54, 1.807) is 0 Å². The van der Waals surface area contributed by atoms with Gasteiger partial charge in [0.1, 0.15) is 5.82 Å². The minimum absolute atomic E-state index is 0. The average molecular weight is 448 g/mol. The fourth-order valence-electron chi connectivity index (χ4n) is 2.21. The van der Waals surface area contributed by atoms with Crippen LogP contribution in [0.3, 0.4) is 0 Å². The Kier molecular flexibility index (Phi) is 7.97. The summed E-state index contributed by atoms with van der Waals surface area (Å²) in [5, 5.41) is 21.2. The molecule has 0 aliphatic rings.